The molecule has 0 spiro atoms. The third-order valence-electron chi connectivity index (χ3n) is 5.50. The Balaban J connectivity index is 1.28. The lowest BCUT2D eigenvalue weighted by Gasteiger charge is -2.24. The minimum Gasteiger partial charge on any atom is -0.361 e. The SMILES string of the molecule is Cc1nnc(SCC(=O)NCCc2c[nH]c3ccccc23)n1C1CCCCC1. The molecule has 0 aliphatic heterocycles. The number of carbonyl (C=O) groups is 1. The molecule has 2 N–H and O–H groups in total. The van der Waals surface area contributed by atoms with Gasteiger partial charge in [-0.3, -0.25) is 4.79 Å². The molecule has 1 saturated carbocycles. The first-order valence-corrected chi connectivity index (χ1v) is 11.1. The van der Waals surface area contributed by atoms with E-state index in [9.17, 15) is 4.79 Å². The van der Waals surface area contributed by atoms with Crippen LogP contribution in [0.4, 0.5) is 0 Å². The van der Waals surface area contributed by atoms with Gasteiger partial charge in [0.1, 0.15) is 5.82 Å². The fraction of sp³-hybridized carbons (Fsp3) is 0.476. The van der Waals surface area contributed by atoms with Gasteiger partial charge in [0.05, 0.1) is 5.75 Å². The number of aromatic nitrogens is 4. The maximum Gasteiger partial charge on any atom is 0.230 e. The van der Waals surface area contributed by atoms with Crippen LogP contribution in [0.5, 0.6) is 0 Å². The summed E-state index contributed by atoms with van der Waals surface area (Å²) in [5.41, 5.74) is 2.37. The third-order valence-corrected chi connectivity index (χ3v) is 6.44. The molecule has 0 radical (unpaired) electrons. The van der Waals surface area contributed by atoms with E-state index in [0.29, 0.717) is 18.3 Å². The van der Waals surface area contributed by atoms with Crippen molar-refractivity contribution in [3.63, 3.8) is 0 Å². The summed E-state index contributed by atoms with van der Waals surface area (Å²) in [7, 11) is 0. The second-order valence-electron chi connectivity index (χ2n) is 7.44. The number of fused-ring (bicyclic) bond motifs is 1. The Kier molecular flexibility index (Phi) is 6.00. The molecule has 1 fully saturated rings. The quantitative estimate of drug-likeness (QED) is 0.590. The van der Waals surface area contributed by atoms with Gasteiger partial charge in [-0.05, 0) is 37.8 Å². The van der Waals surface area contributed by atoms with Crippen LogP contribution in [0.15, 0.2) is 35.6 Å². The number of rotatable bonds is 7. The molecule has 0 atom stereocenters. The van der Waals surface area contributed by atoms with Crippen LogP contribution in [0.2, 0.25) is 0 Å². The summed E-state index contributed by atoms with van der Waals surface area (Å²) in [6.07, 6.45) is 9.06. The van der Waals surface area contributed by atoms with Gasteiger partial charge in [0.25, 0.3) is 0 Å². The normalized spacial score (nSPS) is 15.2. The lowest BCUT2D eigenvalue weighted by atomic mass is 9.95. The maximum atomic E-state index is 12.3. The number of aromatic amines is 1. The molecule has 2 aromatic heterocycles. The molecule has 1 aromatic carbocycles. The van der Waals surface area contributed by atoms with Crippen molar-refractivity contribution in [1.82, 2.24) is 25.1 Å². The number of amides is 1. The summed E-state index contributed by atoms with van der Waals surface area (Å²) >= 11 is 1.49. The summed E-state index contributed by atoms with van der Waals surface area (Å²) in [6, 6.07) is 8.73. The van der Waals surface area contributed by atoms with E-state index in [1.807, 2.05) is 25.3 Å². The van der Waals surface area contributed by atoms with Gasteiger partial charge in [0.15, 0.2) is 5.16 Å². The highest BCUT2D eigenvalue weighted by molar-refractivity contribution is 7.99. The predicted octanol–water partition coefficient (Wildman–Crippen LogP) is 4.02. The van der Waals surface area contributed by atoms with Crippen molar-refractivity contribution in [2.45, 2.75) is 56.6 Å². The van der Waals surface area contributed by atoms with Gasteiger partial charge in [-0.15, -0.1) is 10.2 Å². The van der Waals surface area contributed by atoms with Gasteiger partial charge in [-0.2, -0.15) is 0 Å². The molecular formula is C21H27N5OS. The number of thioether (sulfide) groups is 1. The van der Waals surface area contributed by atoms with Crippen molar-refractivity contribution in [3.8, 4) is 0 Å². The Morgan fingerprint density at radius 3 is 2.93 bits per heavy atom. The van der Waals surface area contributed by atoms with Gasteiger partial charge in [0.2, 0.25) is 5.91 Å². The summed E-state index contributed by atoms with van der Waals surface area (Å²) in [4.78, 5) is 15.6. The predicted molar refractivity (Wildman–Crippen MR) is 113 cm³/mol. The fourth-order valence-electron chi connectivity index (χ4n) is 4.06. The molecule has 3 aromatic rings. The molecule has 148 valence electrons. The minimum atomic E-state index is 0.0423. The molecule has 7 heteroatoms. The third kappa shape index (κ3) is 4.24. The van der Waals surface area contributed by atoms with Gasteiger partial charge in [-0.25, -0.2) is 0 Å². The van der Waals surface area contributed by atoms with Gasteiger partial charge in [-0.1, -0.05) is 49.2 Å². The van der Waals surface area contributed by atoms with Crippen LogP contribution in [0.25, 0.3) is 10.9 Å². The zero-order chi connectivity index (χ0) is 19.3. The topological polar surface area (TPSA) is 75.6 Å². The first-order chi connectivity index (χ1) is 13.7. The largest absolute Gasteiger partial charge is 0.361 e. The summed E-state index contributed by atoms with van der Waals surface area (Å²) in [5.74, 6) is 1.37. The van der Waals surface area contributed by atoms with Crippen molar-refractivity contribution in [2.24, 2.45) is 0 Å². The molecule has 4 rings (SSSR count). The lowest BCUT2D eigenvalue weighted by Crippen LogP contribution is -2.27. The summed E-state index contributed by atoms with van der Waals surface area (Å²) < 4.78 is 2.24. The van der Waals surface area contributed by atoms with Crippen LogP contribution in [-0.2, 0) is 11.2 Å². The van der Waals surface area contributed by atoms with Gasteiger partial charge >= 0.3 is 0 Å². The number of benzene rings is 1. The Morgan fingerprint density at radius 1 is 1.25 bits per heavy atom. The monoisotopic (exact) mass is 397 g/mol. The van der Waals surface area contributed by atoms with Gasteiger partial charge in [0, 0.05) is 29.7 Å². The molecule has 0 saturated heterocycles. The Hall–Kier alpha value is -2.28. The molecule has 1 aliphatic carbocycles. The van der Waals surface area contributed by atoms with Crippen molar-refractivity contribution in [3.05, 3.63) is 41.9 Å². The van der Waals surface area contributed by atoms with Crippen LogP contribution >= 0.6 is 11.8 Å². The average Bonchev–Trinajstić information content (AvgIpc) is 3.30. The standard InChI is InChI=1S/C21H27N5OS/c1-15-24-25-21(26(15)17-7-3-2-4-8-17)28-14-20(27)22-12-11-16-13-23-19-10-6-5-9-18(16)19/h5-6,9-10,13,17,23H,2-4,7-8,11-12,14H2,1H3,(H,22,27). The van der Waals surface area contributed by atoms with Crippen LogP contribution in [-0.4, -0.2) is 38.0 Å². The van der Waals surface area contributed by atoms with Crippen molar-refractivity contribution in [1.29, 1.82) is 0 Å². The zero-order valence-corrected chi connectivity index (χ0v) is 17.1. The molecule has 6 nitrogen and oxygen atoms in total. The van der Waals surface area contributed by atoms with Crippen LogP contribution in [0, 0.1) is 6.92 Å². The Labute approximate surface area is 169 Å². The smallest absolute Gasteiger partial charge is 0.230 e. The fourth-order valence-corrected chi connectivity index (χ4v) is 4.95. The number of hydrogen-bond acceptors (Lipinski definition) is 4. The molecule has 2 heterocycles. The highest BCUT2D eigenvalue weighted by atomic mass is 32.2. The number of hydrogen-bond donors (Lipinski definition) is 2. The number of carbonyl (C=O) groups excluding carboxylic acids is 1. The Bertz CT molecular complexity index is 941. The highest BCUT2D eigenvalue weighted by Gasteiger charge is 2.21. The second-order valence-corrected chi connectivity index (χ2v) is 8.38. The van der Waals surface area contributed by atoms with E-state index >= 15 is 0 Å². The molecular weight excluding hydrogens is 370 g/mol. The van der Waals surface area contributed by atoms with Crippen molar-refractivity contribution in [2.75, 3.05) is 12.3 Å². The van der Waals surface area contributed by atoms with Crippen LogP contribution < -0.4 is 5.32 Å². The minimum absolute atomic E-state index is 0.0423. The van der Waals surface area contributed by atoms with Crippen LogP contribution in [0.1, 0.15) is 49.5 Å². The average molecular weight is 398 g/mol. The van der Waals surface area contributed by atoms with E-state index in [1.165, 1.54) is 54.8 Å². The summed E-state index contributed by atoms with van der Waals surface area (Å²) in [6.45, 7) is 2.64. The Morgan fingerprint density at radius 2 is 2.07 bits per heavy atom. The molecule has 1 aliphatic rings. The van der Waals surface area contributed by atoms with Gasteiger partial charge < -0.3 is 14.9 Å². The lowest BCUT2D eigenvalue weighted by molar-refractivity contribution is -0.118. The second kappa shape index (κ2) is 8.82. The van der Waals surface area contributed by atoms with Crippen molar-refractivity contribution < 1.29 is 4.79 Å². The number of nitrogens with one attached hydrogen (secondary N) is 2. The van der Waals surface area contributed by atoms with E-state index in [2.05, 4.69) is 37.2 Å². The number of nitrogens with zero attached hydrogens (tertiary/aromatic N) is 3. The van der Waals surface area contributed by atoms with E-state index in [4.69, 9.17) is 0 Å². The molecule has 1 amide bonds. The zero-order valence-electron chi connectivity index (χ0n) is 16.3. The van der Waals surface area contributed by atoms with E-state index < -0.39 is 0 Å². The first kappa shape index (κ1) is 19.1. The number of aryl methyl sites for hydroxylation is 1. The molecule has 28 heavy (non-hydrogen) atoms. The summed E-state index contributed by atoms with van der Waals surface area (Å²) in [5, 5.41) is 13.7. The molecule has 0 unspecified atom stereocenters. The van der Waals surface area contributed by atoms with Crippen LogP contribution in [0.3, 0.4) is 0 Å². The number of para-hydroxylation sites is 1. The van der Waals surface area contributed by atoms with E-state index in [1.54, 1.807) is 0 Å². The van der Waals surface area contributed by atoms with E-state index in [-0.39, 0.29) is 5.91 Å². The van der Waals surface area contributed by atoms with Crippen molar-refractivity contribution >= 4 is 28.6 Å². The highest BCUT2D eigenvalue weighted by Crippen LogP contribution is 2.32. The maximum absolute atomic E-state index is 12.3. The first-order valence-electron chi connectivity index (χ1n) is 10.1. The van der Waals surface area contributed by atoms with E-state index in [0.717, 1.165) is 22.9 Å². The number of H-pyrrole nitrogens is 1. The molecule has 0 bridgehead atoms.